The minimum Gasteiger partial charge on any atom is -0.491 e. The van der Waals surface area contributed by atoms with E-state index in [4.69, 9.17) is 4.74 Å². The van der Waals surface area contributed by atoms with E-state index in [0.29, 0.717) is 24.5 Å². The van der Waals surface area contributed by atoms with Crippen LogP contribution >= 0.6 is 0 Å². The lowest BCUT2D eigenvalue weighted by Gasteiger charge is -2.43. The van der Waals surface area contributed by atoms with E-state index < -0.39 is 17.7 Å². The zero-order valence-electron chi connectivity index (χ0n) is 17.3. The number of benzene rings is 1. The minimum atomic E-state index is -0.940. The van der Waals surface area contributed by atoms with Gasteiger partial charge in [-0.05, 0) is 54.7 Å². The molecule has 3 atom stereocenters. The second kappa shape index (κ2) is 7.74. The molecule has 3 rings (SSSR count). The van der Waals surface area contributed by atoms with Crippen molar-refractivity contribution in [3.63, 3.8) is 0 Å². The minimum absolute atomic E-state index is 0.0109. The molecule has 3 amide bonds. The van der Waals surface area contributed by atoms with Gasteiger partial charge in [0.1, 0.15) is 24.0 Å². The van der Waals surface area contributed by atoms with Crippen LogP contribution in [0.4, 0.5) is 4.79 Å². The fourth-order valence-electron chi connectivity index (χ4n) is 4.95. The molecule has 2 fully saturated rings. The van der Waals surface area contributed by atoms with Crippen LogP contribution in [0.15, 0.2) is 24.3 Å². The summed E-state index contributed by atoms with van der Waals surface area (Å²) in [6.45, 7) is 8.44. The molecule has 1 saturated heterocycles. The number of hydrogen-bond donors (Lipinski definition) is 2. The van der Waals surface area contributed by atoms with Gasteiger partial charge in [-0.2, -0.15) is 0 Å². The monoisotopic (exact) mass is 388 g/mol. The predicted molar refractivity (Wildman–Crippen MR) is 107 cm³/mol. The summed E-state index contributed by atoms with van der Waals surface area (Å²) in [5.74, 6) is 0.795. The van der Waals surface area contributed by atoms with Crippen LogP contribution in [0.1, 0.15) is 52.5 Å². The number of aliphatic hydroxyl groups excluding tert-OH is 1. The first-order chi connectivity index (χ1) is 13.1. The van der Waals surface area contributed by atoms with Crippen molar-refractivity contribution in [2.75, 3.05) is 13.2 Å². The van der Waals surface area contributed by atoms with Gasteiger partial charge in [0.2, 0.25) is 0 Å². The lowest BCUT2D eigenvalue weighted by atomic mass is 9.64. The Kier molecular flexibility index (Phi) is 5.71. The first-order valence-corrected chi connectivity index (χ1v) is 10.2. The molecule has 0 radical (unpaired) electrons. The number of nitrogens with zero attached hydrogens (tertiary/aromatic N) is 1. The summed E-state index contributed by atoms with van der Waals surface area (Å²) in [6, 6.07) is 7.27. The predicted octanol–water partition coefficient (Wildman–Crippen LogP) is 3.13. The molecule has 1 aliphatic carbocycles. The molecule has 2 N–H and O–H groups in total. The molecule has 1 aliphatic heterocycles. The lowest BCUT2D eigenvalue weighted by Crippen LogP contribution is -2.54. The van der Waals surface area contributed by atoms with Crippen LogP contribution < -0.4 is 10.1 Å². The standard InChI is InChI=1S/C22H32N2O4/c1-5-16-6-8-18(9-7-16)28-13-17(25)12-24-19(26)22(23-20(24)27)11-15(2)10-21(3,4)14-22/h6-9,15,17,25H,5,10-14H2,1-4H3,(H,23,27). The zero-order chi connectivity index (χ0) is 20.5. The molecule has 0 bridgehead atoms. The van der Waals surface area contributed by atoms with Gasteiger partial charge in [-0.25, -0.2) is 4.79 Å². The van der Waals surface area contributed by atoms with E-state index in [2.05, 4.69) is 33.0 Å². The number of carbonyl (C=O) groups excluding carboxylic acids is 2. The van der Waals surface area contributed by atoms with Crippen LogP contribution in [0.3, 0.4) is 0 Å². The third-order valence-electron chi connectivity index (χ3n) is 5.79. The average molecular weight is 389 g/mol. The van der Waals surface area contributed by atoms with Gasteiger partial charge in [-0.15, -0.1) is 0 Å². The van der Waals surface area contributed by atoms with Gasteiger partial charge in [0, 0.05) is 0 Å². The van der Waals surface area contributed by atoms with Crippen LogP contribution in [0.5, 0.6) is 5.75 Å². The Hall–Kier alpha value is -2.08. The Labute approximate surface area is 167 Å². The Bertz CT molecular complexity index is 731. The molecule has 1 aromatic carbocycles. The van der Waals surface area contributed by atoms with Gasteiger partial charge in [0.25, 0.3) is 5.91 Å². The first-order valence-electron chi connectivity index (χ1n) is 10.2. The molecule has 1 aromatic rings. The van der Waals surface area contributed by atoms with Crippen molar-refractivity contribution < 1.29 is 19.4 Å². The van der Waals surface area contributed by atoms with Crippen molar-refractivity contribution in [2.24, 2.45) is 11.3 Å². The average Bonchev–Trinajstić information content (AvgIpc) is 2.82. The number of amides is 3. The summed E-state index contributed by atoms with van der Waals surface area (Å²) in [7, 11) is 0. The van der Waals surface area contributed by atoms with Crippen molar-refractivity contribution in [1.29, 1.82) is 0 Å². The van der Waals surface area contributed by atoms with Crippen molar-refractivity contribution in [3.8, 4) is 5.75 Å². The van der Waals surface area contributed by atoms with E-state index in [1.807, 2.05) is 24.3 Å². The number of urea groups is 1. The topological polar surface area (TPSA) is 78.9 Å². The summed E-state index contributed by atoms with van der Waals surface area (Å²) in [5.41, 5.74) is 0.361. The van der Waals surface area contributed by atoms with Gasteiger partial charge in [0.05, 0.1) is 6.54 Å². The molecular formula is C22H32N2O4. The molecule has 154 valence electrons. The Morgan fingerprint density at radius 2 is 1.93 bits per heavy atom. The largest absolute Gasteiger partial charge is 0.491 e. The highest BCUT2D eigenvalue weighted by Crippen LogP contribution is 2.46. The van der Waals surface area contributed by atoms with E-state index in [1.165, 1.54) is 5.56 Å². The highest BCUT2D eigenvalue weighted by molar-refractivity contribution is 6.07. The van der Waals surface area contributed by atoms with Crippen LogP contribution in [-0.4, -0.2) is 46.7 Å². The van der Waals surface area contributed by atoms with E-state index in [1.54, 1.807) is 0 Å². The normalized spacial score (nSPS) is 27.8. The van der Waals surface area contributed by atoms with Crippen molar-refractivity contribution in [1.82, 2.24) is 10.2 Å². The number of rotatable bonds is 6. The number of nitrogens with one attached hydrogen (secondary N) is 1. The zero-order valence-corrected chi connectivity index (χ0v) is 17.3. The molecule has 1 saturated carbocycles. The van der Waals surface area contributed by atoms with E-state index in [0.717, 1.165) is 17.7 Å². The second-order valence-corrected chi connectivity index (χ2v) is 9.24. The highest BCUT2D eigenvalue weighted by atomic mass is 16.5. The number of aliphatic hydroxyl groups is 1. The third-order valence-corrected chi connectivity index (χ3v) is 5.79. The summed E-state index contributed by atoms with van der Waals surface area (Å²) >= 11 is 0. The lowest BCUT2D eigenvalue weighted by molar-refractivity contribution is -0.135. The molecule has 2 aliphatic rings. The molecule has 3 unspecified atom stereocenters. The second-order valence-electron chi connectivity index (χ2n) is 9.24. The van der Waals surface area contributed by atoms with Crippen molar-refractivity contribution in [3.05, 3.63) is 29.8 Å². The molecule has 28 heavy (non-hydrogen) atoms. The quantitative estimate of drug-likeness (QED) is 0.734. The summed E-state index contributed by atoms with van der Waals surface area (Å²) in [5, 5.41) is 13.3. The Morgan fingerprint density at radius 1 is 1.25 bits per heavy atom. The fourth-order valence-corrected chi connectivity index (χ4v) is 4.95. The smallest absolute Gasteiger partial charge is 0.325 e. The Morgan fingerprint density at radius 3 is 2.54 bits per heavy atom. The fraction of sp³-hybridized carbons (Fsp3) is 0.636. The molecular weight excluding hydrogens is 356 g/mol. The maximum atomic E-state index is 13.1. The maximum Gasteiger partial charge on any atom is 0.325 e. The van der Waals surface area contributed by atoms with Crippen LogP contribution in [0.25, 0.3) is 0 Å². The molecule has 0 aromatic heterocycles. The highest BCUT2D eigenvalue weighted by Gasteiger charge is 2.56. The van der Waals surface area contributed by atoms with Gasteiger partial charge >= 0.3 is 6.03 Å². The van der Waals surface area contributed by atoms with Crippen LogP contribution in [-0.2, 0) is 11.2 Å². The van der Waals surface area contributed by atoms with Crippen LogP contribution in [0, 0.1) is 11.3 Å². The SMILES string of the molecule is CCc1ccc(OCC(O)CN2C(=O)NC3(CC(C)CC(C)(C)C3)C2=O)cc1. The number of imide groups is 1. The summed E-state index contributed by atoms with van der Waals surface area (Å²) in [6.07, 6.45) is 2.32. The summed E-state index contributed by atoms with van der Waals surface area (Å²) < 4.78 is 5.62. The molecule has 6 heteroatoms. The maximum absolute atomic E-state index is 13.1. The van der Waals surface area contributed by atoms with Gasteiger partial charge in [-0.3, -0.25) is 9.69 Å². The van der Waals surface area contributed by atoms with Gasteiger partial charge < -0.3 is 15.2 Å². The number of ether oxygens (including phenoxy) is 1. The number of β-amino-alcohol motifs (C(OH)–C–C–N with tert-alkyl or cyclic N) is 1. The molecule has 6 nitrogen and oxygen atoms in total. The molecule has 1 spiro atoms. The van der Waals surface area contributed by atoms with Gasteiger partial charge in [-0.1, -0.05) is 39.8 Å². The van der Waals surface area contributed by atoms with Crippen LogP contribution in [0.2, 0.25) is 0 Å². The number of carbonyl (C=O) groups is 2. The van der Waals surface area contributed by atoms with E-state index in [-0.39, 0.29) is 24.5 Å². The first kappa shape index (κ1) is 20.6. The van der Waals surface area contributed by atoms with Crippen molar-refractivity contribution in [2.45, 2.75) is 65.0 Å². The number of hydrogen-bond acceptors (Lipinski definition) is 4. The Balaban J connectivity index is 1.60. The third kappa shape index (κ3) is 4.32. The molecule has 1 heterocycles. The van der Waals surface area contributed by atoms with Crippen molar-refractivity contribution >= 4 is 11.9 Å². The van der Waals surface area contributed by atoms with E-state index in [9.17, 15) is 14.7 Å². The van der Waals surface area contributed by atoms with Gasteiger partial charge in [0.15, 0.2) is 0 Å². The van der Waals surface area contributed by atoms with E-state index >= 15 is 0 Å². The number of aryl methyl sites for hydroxylation is 1. The summed E-state index contributed by atoms with van der Waals surface area (Å²) in [4.78, 5) is 26.8.